The summed E-state index contributed by atoms with van der Waals surface area (Å²) in [6.45, 7) is 6.15. The lowest BCUT2D eigenvalue weighted by molar-refractivity contribution is -0.184. The standard InChI is InChI=1S/C21H28O3/c1-19-9-10-21(23-11-12-24-21)13-14(19)3-4-15-16-5-6-18(22)20(16,2)8-7-17(15)19/h3,5-6,15-17H,4,7-13H2,1-2H3/t15-,16-,17-,19-,20-/m0/s1. The Morgan fingerprint density at radius 1 is 1.08 bits per heavy atom. The van der Waals surface area contributed by atoms with Gasteiger partial charge < -0.3 is 9.47 Å². The highest BCUT2D eigenvalue weighted by atomic mass is 16.7. The number of ether oxygens (including phenoxy) is 2. The Labute approximate surface area is 144 Å². The van der Waals surface area contributed by atoms with Gasteiger partial charge in [-0.25, -0.2) is 0 Å². The van der Waals surface area contributed by atoms with Crippen LogP contribution in [0.5, 0.6) is 0 Å². The smallest absolute Gasteiger partial charge is 0.172 e. The number of hydrogen-bond acceptors (Lipinski definition) is 3. The highest BCUT2D eigenvalue weighted by molar-refractivity contribution is 5.97. The van der Waals surface area contributed by atoms with Crippen LogP contribution in [0.2, 0.25) is 0 Å². The van der Waals surface area contributed by atoms with Crippen LogP contribution in [0, 0.1) is 28.6 Å². The molecule has 0 unspecified atom stereocenters. The third-order valence-corrected chi connectivity index (χ3v) is 8.19. The lowest BCUT2D eigenvalue weighted by Gasteiger charge is -2.57. The summed E-state index contributed by atoms with van der Waals surface area (Å²) in [6.07, 6.45) is 13.0. The molecule has 0 aromatic carbocycles. The van der Waals surface area contributed by atoms with Gasteiger partial charge in [-0.2, -0.15) is 0 Å². The molecule has 3 heteroatoms. The monoisotopic (exact) mass is 328 g/mol. The van der Waals surface area contributed by atoms with Gasteiger partial charge in [-0.15, -0.1) is 0 Å². The molecule has 5 aliphatic rings. The van der Waals surface area contributed by atoms with Crippen molar-refractivity contribution in [3.8, 4) is 0 Å². The average molecular weight is 328 g/mol. The van der Waals surface area contributed by atoms with Crippen LogP contribution in [0.25, 0.3) is 0 Å². The van der Waals surface area contributed by atoms with Crippen molar-refractivity contribution < 1.29 is 14.3 Å². The predicted molar refractivity (Wildman–Crippen MR) is 91.3 cm³/mol. The molecule has 0 N–H and O–H groups in total. The number of carbonyl (C=O) groups excluding carboxylic acids is 1. The maximum absolute atomic E-state index is 12.4. The molecule has 5 rings (SSSR count). The lowest BCUT2D eigenvalue weighted by atomic mass is 9.48. The molecule has 0 bridgehead atoms. The summed E-state index contributed by atoms with van der Waals surface area (Å²) < 4.78 is 12.0. The topological polar surface area (TPSA) is 35.5 Å². The highest BCUT2D eigenvalue weighted by Gasteiger charge is 2.59. The minimum atomic E-state index is -0.329. The van der Waals surface area contributed by atoms with Gasteiger partial charge in [-0.05, 0) is 54.9 Å². The summed E-state index contributed by atoms with van der Waals surface area (Å²) >= 11 is 0. The normalized spacial score (nSPS) is 48.8. The van der Waals surface area contributed by atoms with E-state index in [2.05, 4.69) is 26.0 Å². The average Bonchev–Trinajstić information content (AvgIpc) is 3.14. The summed E-state index contributed by atoms with van der Waals surface area (Å²) in [5.74, 6) is 1.80. The van der Waals surface area contributed by atoms with E-state index in [4.69, 9.17) is 9.47 Å². The third-order valence-electron chi connectivity index (χ3n) is 8.19. The molecule has 0 amide bonds. The first-order valence-corrected chi connectivity index (χ1v) is 9.67. The van der Waals surface area contributed by atoms with Gasteiger partial charge in [0, 0.05) is 18.3 Å². The van der Waals surface area contributed by atoms with Crippen molar-refractivity contribution in [2.24, 2.45) is 28.6 Å². The second-order valence-corrected chi connectivity index (χ2v) is 9.14. The second-order valence-electron chi connectivity index (χ2n) is 9.14. The molecule has 1 aliphatic heterocycles. The van der Waals surface area contributed by atoms with Crippen LogP contribution in [0.3, 0.4) is 0 Å². The Balaban J connectivity index is 1.48. The fraction of sp³-hybridized carbons (Fsp3) is 0.762. The van der Waals surface area contributed by atoms with E-state index >= 15 is 0 Å². The zero-order chi connectivity index (χ0) is 16.6. The van der Waals surface area contributed by atoms with E-state index in [0.717, 1.165) is 45.3 Å². The number of ketones is 1. The van der Waals surface area contributed by atoms with Crippen molar-refractivity contribution in [3.63, 3.8) is 0 Å². The first-order chi connectivity index (χ1) is 11.5. The van der Waals surface area contributed by atoms with E-state index in [9.17, 15) is 4.79 Å². The summed E-state index contributed by atoms with van der Waals surface area (Å²) in [6, 6.07) is 0. The lowest BCUT2D eigenvalue weighted by Crippen LogP contribution is -2.52. The molecule has 1 spiro atoms. The number of hydrogen-bond donors (Lipinski definition) is 0. The maximum Gasteiger partial charge on any atom is 0.172 e. The molecule has 1 heterocycles. The van der Waals surface area contributed by atoms with E-state index in [1.807, 2.05) is 6.08 Å². The Morgan fingerprint density at radius 3 is 2.67 bits per heavy atom. The zero-order valence-corrected chi connectivity index (χ0v) is 14.8. The Bertz CT molecular complexity index is 641. The molecule has 0 aromatic rings. The van der Waals surface area contributed by atoms with Crippen molar-refractivity contribution in [1.82, 2.24) is 0 Å². The minimum absolute atomic E-state index is 0.129. The molecular formula is C21H28O3. The molecule has 5 atom stereocenters. The first kappa shape index (κ1) is 15.3. The van der Waals surface area contributed by atoms with E-state index in [1.165, 1.54) is 6.42 Å². The van der Waals surface area contributed by atoms with E-state index in [-0.39, 0.29) is 16.6 Å². The molecule has 130 valence electrons. The summed E-state index contributed by atoms with van der Waals surface area (Å²) in [4.78, 5) is 12.4. The SMILES string of the molecule is C[C@]12CCC3(CC1=CC[C@@H]1[C@@H]2CC[C@]2(C)C(=O)C=C[C@@H]12)OCCO3. The number of carbonyl (C=O) groups is 1. The van der Waals surface area contributed by atoms with E-state index < -0.39 is 0 Å². The number of rotatable bonds is 0. The highest BCUT2D eigenvalue weighted by Crippen LogP contribution is 2.64. The van der Waals surface area contributed by atoms with Crippen molar-refractivity contribution in [3.05, 3.63) is 23.8 Å². The number of fused-ring (bicyclic) bond motifs is 5. The molecule has 1 saturated heterocycles. The van der Waals surface area contributed by atoms with Crippen LogP contribution in [-0.4, -0.2) is 24.8 Å². The Morgan fingerprint density at radius 2 is 1.88 bits per heavy atom. The number of allylic oxidation sites excluding steroid dienone is 3. The van der Waals surface area contributed by atoms with Gasteiger partial charge in [-0.3, -0.25) is 4.79 Å². The van der Waals surface area contributed by atoms with E-state index in [0.29, 0.717) is 23.5 Å². The second kappa shape index (κ2) is 4.82. The Hall–Kier alpha value is -0.930. The van der Waals surface area contributed by atoms with Crippen molar-refractivity contribution in [2.45, 2.75) is 58.2 Å². The predicted octanol–water partition coefficient (Wildman–Crippen LogP) is 4.04. The van der Waals surface area contributed by atoms with Crippen molar-refractivity contribution in [2.75, 3.05) is 13.2 Å². The van der Waals surface area contributed by atoms with Crippen LogP contribution >= 0.6 is 0 Å². The molecule has 2 saturated carbocycles. The molecule has 4 aliphatic carbocycles. The van der Waals surface area contributed by atoms with Gasteiger partial charge in [0.1, 0.15) is 0 Å². The van der Waals surface area contributed by atoms with E-state index in [1.54, 1.807) is 5.57 Å². The van der Waals surface area contributed by atoms with Gasteiger partial charge in [-0.1, -0.05) is 31.6 Å². The molecule has 3 nitrogen and oxygen atoms in total. The minimum Gasteiger partial charge on any atom is -0.347 e. The zero-order valence-electron chi connectivity index (χ0n) is 14.8. The molecule has 24 heavy (non-hydrogen) atoms. The van der Waals surface area contributed by atoms with Crippen LogP contribution in [0.4, 0.5) is 0 Å². The van der Waals surface area contributed by atoms with Crippen LogP contribution in [0.1, 0.15) is 52.4 Å². The Kier molecular flexibility index (Phi) is 3.08. The maximum atomic E-state index is 12.4. The van der Waals surface area contributed by atoms with Crippen LogP contribution in [-0.2, 0) is 14.3 Å². The van der Waals surface area contributed by atoms with Crippen LogP contribution < -0.4 is 0 Å². The van der Waals surface area contributed by atoms with Gasteiger partial charge in [0.25, 0.3) is 0 Å². The van der Waals surface area contributed by atoms with Gasteiger partial charge in [0.05, 0.1) is 13.2 Å². The largest absolute Gasteiger partial charge is 0.347 e. The molecule has 3 fully saturated rings. The fourth-order valence-corrected chi connectivity index (χ4v) is 6.63. The summed E-state index contributed by atoms with van der Waals surface area (Å²) in [7, 11) is 0. The molecule has 0 radical (unpaired) electrons. The van der Waals surface area contributed by atoms with Gasteiger partial charge >= 0.3 is 0 Å². The summed E-state index contributed by atoms with van der Waals surface area (Å²) in [5, 5.41) is 0. The van der Waals surface area contributed by atoms with Gasteiger partial charge in [0.2, 0.25) is 0 Å². The molecular weight excluding hydrogens is 300 g/mol. The molecule has 0 aromatic heterocycles. The summed E-state index contributed by atoms with van der Waals surface area (Å²) in [5.41, 5.74) is 1.70. The fourth-order valence-electron chi connectivity index (χ4n) is 6.63. The van der Waals surface area contributed by atoms with Crippen molar-refractivity contribution >= 4 is 5.78 Å². The first-order valence-electron chi connectivity index (χ1n) is 9.67. The quantitative estimate of drug-likeness (QED) is 0.630. The van der Waals surface area contributed by atoms with Crippen molar-refractivity contribution in [1.29, 1.82) is 0 Å². The van der Waals surface area contributed by atoms with Gasteiger partial charge in [0.15, 0.2) is 11.6 Å². The third kappa shape index (κ3) is 1.83. The van der Waals surface area contributed by atoms with Crippen LogP contribution in [0.15, 0.2) is 23.8 Å².